The molecule has 1 atom stereocenters. The Morgan fingerprint density at radius 1 is 0.905 bits per heavy atom. The Kier molecular flexibility index (Phi) is 10.9. The van der Waals surface area contributed by atoms with E-state index >= 15 is 0 Å². The molecular formula is C32H37Cl2N3O4S. The van der Waals surface area contributed by atoms with Crippen molar-refractivity contribution in [3.05, 3.63) is 94.0 Å². The van der Waals surface area contributed by atoms with Crippen molar-refractivity contribution in [3.63, 3.8) is 0 Å². The fraction of sp³-hybridized carbons (Fsp3) is 0.375. The summed E-state index contributed by atoms with van der Waals surface area (Å²) in [5.74, 6) is -0.814. The molecule has 0 radical (unpaired) electrons. The normalized spacial score (nSPS) is 14.7. The first-order valence-electron chi connectivity index (χ1n) is 14.3. The van der Waals surface area contributed by atoms with Crippen molar-refractivity contribution in [1.29, 1.82) is 0 Å². The van der Waals surface area contributed by atoms with Gasteiger partial charge in [0.05, 0.1) is 10.6 Å². The third kappa shape index (κ3) is 7.65. The number of benzene rings is 3. The van der Waals surface area contributed by atoms with Crippen LogP contribution in [0.1, 0.15) is 56.6 Å². The van der Waals surface area contributed by atoms with E-state index in [1.54, 1.807) is 60.7 Å². The monoisotopic (exact) mass is 629 g/mol. The number of halogens is 2. The standard InChI is InChI=1S/C32H37Cl2N3O4S/c1-3-30(32(39)35-24-11-6-4-7-12-24)36(21-27-28(33)15-10-16-29(27)34)31(38)22-37(25-19-17-23(2)18-20-25)42(40,41)26-13-8-5-9-14-26/h5,8-10,13-20,24,30H,3-4,6-7,11-12,21-22H2,1-2H3,(H,35,39). The van der Waals surface area contributed by atoms with Gasteiger partial charge in [0.15, 0.2) is 0 Å². The van der Waals surface area contributed by atoms with E-state index in [1.807, 2.05) is 13.8 Å². The summed E-state index contributed by atoms with van der Waals surface area (Å²) in [6, 6.07) is 19.2. The van der Waals surface area contributed by atoms with E-state index in [-0.39, 0.29) is 23.4 Å². The lowest BCUT2D eigenvalue weighted by molar-refractivity contribution is -0.140. The predicted octanol–water partition coefficient (Wildman–Crippen LogP) is 6.75. The first-order chi connectivity index (χ1) is 20.1. The van der Waals surface area contributed by atoms with Crippen molar-refractivity contribution in [3.8, 4) is 0 Å². The van der Waals surface area contributed by atoms with Crippen molar-refractivity contribution < 1.29 is 18.0 Å². The fourth-order valence-electron chi connectivity index (χ4n) is 5.28. The minimum Gasteiger partial charge on any atom is -0.352 e. The molecule has 0 saturated heterocycles. The SMILES string of the molecule is CCC(C(=O)NC1CCCCC1)N(Cc1c(Cl)cccc1Cl)C(=O)CN(c1ccc(C)cc1)S(=O)(=O)c1ccccc1. The van der Waals surface area contributed by atoms with Gasteiger partial charge in [-0.15, -0.1) is 0 Å². The van der Waals surface area contributed by atoms with Gasteiger partial charge in [-0.2, -0.15) is 0 Å². The van der Waals surface area contributed by atoms with Crippen LogP contribution in [0.25, 0.3) is 0 Å². The van der Waals surface area contributed by atoms with Gasteiger partial charge in [0.25, 0.3) is 10.0 Å². The number of nitrogens with one attached hydrogen (secondary N) is 1. The van der Waals surface area contributed by atoms with Crippen LogP contribution in [0.4, 0.5) is 5.69 Å². The van der Waals surface area contributed by atoms with Crippen LogP contribution < -0.4 is 9.62 Å². The molecule has 1 fully saturated rings. The molecule has 7 nitrogen and oxygen atoms in total. The van der Waals surface area contributed by atoms with E-state index < -0.39 is 28.5 Å². The van der Waals surface area contributed by atoms with Crippen molar-refractivity contribution in [2.75, 3.05) is 10.8 Å². The number of aryl methyl sites for hydroxylation is 1. The summed E-state index contributed by atoms with van der Waals surface area (Å²) in [7, 11) is -4.13. The number of rotatable bonds is 11. The van der Waals surface area contributed by atoms with Crippen LogP contribution in [0, 0.1) is 6.92 Å². The zero-order valence-electron chi connectivity index (χ0n) is 23.9. The zero-order valence-corrected chi connectivity index (χ0v) is 26.3. The summed E-state index contributed by atoms with van der Waals surface area (Å²) in [5, 5.41) is 3.85. The highest BCUT2D eigenvalue weighted by molar-refractivity contribution is 7.92. The van der Waals surface area contributed by atoms with E-state index in [9.17, 15) is 18.0 Å². The van der Waals surface area contributed by atoms with Crippen molar-refractivity contribution >= 4 is 50.7 Å². The van der Waals surface area contributed by atoms with Gasteiger partial charge in [0.2, 0.25) is 11.8 Å². The number of nitrogens with zero attached hydrogens (tertiary/aromatic N) is 2. The zero-order chi connectivity index (χ0) is 30.3. The van der Waals surface area contributed by atoms with Crippen molar-refractivity contribution in [1.82, 2.24) is 10.2 Å². The van der Waals surface area contributed by atoms with Gasteiger partial charge < -0.3 is 10.2 Å². The molecule has 1 N–H and O–H groups in total. The second-order valence-corrected chi connectivity index (χ2v) is 13.3. The Bertz CT molecular complexity index is 1460. The number of carbonyl (C=O) groups excluding carboxylic acids is 2. The first-order valence-corrected chi connectivity index (χ1v) is 16.5. The molecule has 0 heterocycles. The van der Waals surface area contributed by atoms with E-state index in [1.165, 1.54) is 17.0 Å². The van der Waals surface area contributed by atoms with Crippen LogP contribution in [0.2, 0.25) is 10.0 Å². The Hall–Kier alpha value is -3.07. The van der Waals surface area contributed by atoms with E-state index in [0.29, 0.717) is 27.7 Å². The molecule has 2 amide bonds. The second kappa shape index (κ2) is 14.4. The quantitative estimate of drug-likeness (QED) is 0.254. The van der Waals surface area contributed by atoms with Gasteiger partial charge in [-0.05, 0) is 62.6 Å². The fourth-order valence-corrected chi connectivity index (χ4v) is 7.23. The minimum atomic E-state index is -4.13. The number of hydrogen-bond acceptors (Lipinski definition) is 4. The molecule has 42 heavy (non-hydrogen) atoms. The van der Waals surface area contributed by atoms with E-state index in [0.717, 1.165) is 42.0 Å². The molecular weight excluding hydrogens is 593 g/mol. The highest BCUT2D eigenvalue weighted by Crippen LogP contribution is 2.29. The highest BCUT2D eigenvalue weighted by atomic mass is 35.5. The summed E-state index contributed by atoms with van der Waals surface area (Å²) in [5.41, 5.74) is 1.78. The van der Waals surface area contributed by atoms with Crippen LogP contribution >= 0.6 is 23.2 Å². The van der Waals surface area contributed by atoms with Gasteiger partial charge >= 0.3 is 0 Å². The molecule has 10 heteroatoms. The Balaban J connectivity index is 1.72. The molecule has 3 aromatic rings. The number of anilines is 1. The molecule has 0 aliphatic heterocycles. The van der Waals surface area contributed by atoms with Gasteiger partial charge in [0, 0.05) is 28.2 Å². The van der Waals surface area contributed by atoms with Gasteiger partial charge in [0.1, 0.15) is 12.6 Å². The predicted molar refractivity (Wildman–Crippen MR) is 168 cm³/mol. The smallest absolute Gasteiger partial charge is 0.264 e. The lowest BCUT2D eigenvalue weighted by Crippen LogP contribution is -2.54. The van der Waals surface area contributed by atoms with E-state index in [2.05, 4.69) is 5.32 Å². The molecule has 224 valence electrons. The van der Waals surface area contributed by atoms with Gasteiger partial charge in [-0.1, -0.05) is 91.3 Å². The molecule has 1 unspecified atom stereocenters. The van der Waals surface area contributed by atoms with Crippen LogP contribution in [0.3, 0.4) is 0 Å². The maximum Gasteiger partial charge on any atom is 0.264 e. The summed E-state index contributed by atoms with van der Waals surface area (Å²) < 4.78 is 28.9. The molecule has 0 spiro atoms. The lowest BCUT2D eigenvalue weighted by Gasteiger charge is -2.34. The molecule has 1 aliphatic carbocycles. The Morgan fingerprint density at radius 2 is 1.52 bits per heavy atom. The molecule has 0 bridgehead atoms. The number of sulfonamides is 1. The van der Waals surface area contributed by atoms with Gasteiger partial charge in [-0.25, -0.2) is 8.42 Å². The summed E-state index contributed by atoms with van der Waals surface area (Å²) >= 11 is 13.0. The third-order valence-corrected chi connectivity index (χ3v) is 10.2. The summed E-state index contributed by atoms with van der Waals surface area (Å²) in [4.78, 5) is 29.4. The van der Waals surface area contributed by atoms with Crippen molar-refractivity contribution in [2.45, 2.75) is 75.9 Å². The molecule has 3 aromatic carbocycles. The minimum absolute atomic E-state index is 0.0451. The van der Waals surface area contributed by atoms with E-state index in [4.69, 9.17) is 23.2 Å². The van der Waals surface area contributed by atoms with Crippen LogP contribution in [0.15, 0.2) is 77.7 Å². The highest BCUT2D eigenvalue weighted by Gasteiger charge is 2.35. The van der Waals surface area contributed by atoms with Crippen molar-refractivity contribution in [2.24, 2.45) is 0 Å². The average Bonchev–Trinajstić information content (AvgIpc) is 2.98. The third-order valence-electron chi connectivity index (χ3n) is 7.66. The topological polar surface area (TPSA) is 86.8 Å². The first kappa shape index (κ1) is 31.9. The average molecular weight is 631 g/mol. The van der Waals surface area contributed by atoms with Gasteiger partial charge in [-0.3, -0.25) is 13.9 Å². The summed E-state index contributed by atoms with van der Waals surface area (Å²) in [6.45, 7) is 3.16. The molecule has 4 rings (SSSR count). The Morgan fingerprint density at radius 3 is 2.12 bits per heavy atom. The number of amides is 2. The number of hydrogen-bond donors (Lipinski definition) is 1. The molecule has 0 aromatic heterocycles. The molecule has 1 aliphatic rings. The second-order valence-electron chi connectivity index (χ2n) is 10.6. The maximum absolute atomic E-state index is 14.2. The Labute approximate surface area is 258 Å². The van der Waals surface area contributed by atoms with Crippen LogP contribution in [-0.2, 0) is 26.2 Å². The van der Waals surface area contributed by atoms with Crippen LogP contribution in [-0.4, -0.2) is 43.8 Å². The number of carbonyl (C=O) groups is 2. The lowest BCUT2D eigenvalue weighted by atomic mass is 9.95. The van der Waals surface area contributed by atoms with Crippen LogP contribution in [0.5, 0.6) is 0 Å². The summed E-state index contributed by atoms with van der Waals surface area (Å²) in [6.07, 6.45) is 5.34. The largest absolute Gasteiger partial charge is 0.352 e. The molecule has 1 saturated carbocycles. The maximum atomic E-state index is 14.2.